The van der Waals surface area contributed by atoms with Crippen molar-refractivity contribution in [3.05, 3.63) is 29.3 Å². The van der Waals surface area contributed by atoms with Crippen LogP contribution >= 0.6 is 0 Å². The largest absolute Gasteiger partial charge is 0.383 e. The van der Waals surface area contributed by atoms with Crippen LogP contribution in [0.3, 0.4) is 0 Å². The fourth-order valence-corrected chi connectivity index (χ4v) is 2.56. The lowest BCUT2D eigenvalue weighted by Gasteiger charge is -2.29. The highest BCUT2D eigenvalue weighted by Gasteiger charge is 2.17. The van der Waals surface area contributed by atoms with Crippen LogP contribution in [-0.2, 0) is 0 Å². The molecule has 94 valence electrons. The highest BCUT2D eigenvalue weighted by atomic mass is 15.0. The van der Waals surface area contributed by atoms with Crippen molar-refractivity contribution >= 4 is 5.69 Å². The predicted octanol–water partition coefficient (Wildman–Crippen LogP) is 3.25. The van der Waals surface area contributed by atoms with Crippen LogP contribution in [0.25, 0.3) is 0 Å². The number of nitrogens with one attached hydrogen (secondary N) is 2. The van der Waals surface area contributed by atoms with E-state index in [9.17, 15) is 0 Å². The molecule has 2 N–H and O–H groups in total. The molecule has 1 fully saturated rings. The number of aryl methyl sites for hydroxylation is 2. The van der Waals surface area contributed by atoms with Gasteiger partial charge in [-0.2, -0.15) is 0 Å². The molecule has 0 bridgehead atoms. The topological polar surface area (TPSA) is 24.1 Å². The molecule has 1 saturated heterocycles. The number of hydrogen-bond acceptors (Lipinski definition) is 2. The van der Waals surface area contributed by atoms with Gasteiger partial charge in [0.1, 0.15) is 0 Å². The molecule has 1 aliphatic heterocycles. The number of piperidine rings is 1. The average molecular weight is 232 g/mol. The molecule has 2 rings (SSSR count). The van der Waals surface area contributed by atoms with E-state index >= 15 is 0 Å². The van der Waals surface area contributed by atoms with Crippen molar-refractivity contribution in [2.45, 2.75) is 52.1 Å². The van der Waals surface area contributed by atoms with Crippen LogP contribution in [0.2, 0.25) is 0 Å². The summed E-state index contributed by atoms with van der Waals surface area (Å²) >= 11 is 0. The van der Waals surface area contributed by atoms with Gasteiger partial charge in [-0.05, 0) is 50.8 Å². The second-order valence-electron chi connectivity index (χ2n) is 5.39. The van der Waals surface area contributed by atoms with Gasteiger partial charge in [-0.1, -0.05) is 18.6 Å². The molecule has 0 saturated carbocycles. The van der Waals surface area contributed by atoms with E-state index in [2.05, 4.69) is 49.6 Å². The van der Waals surface area contributed by atoms with E-state index in [4.69, 9.17) is 0 Å². The van der Waals surface area contributed by atoms with Crippen LogP contribution in [0.5, 0.6) is 0 Å². The Bertz CT molecular complexity index is 373. The molecule has 0 spiro atoms. The van der Waals surface area contributed by atoms with E-state index < -0.39 is 0 Å². The van der Waals surface area contributed by atoms with Crippen molar-refractivity contribution in [1.82, 2.24) is 5.32 Å². The smallest absolute Gasteiger partial charge is 0.0373 e. The van der Waals surface area contributed by atoms with Crippen LogP contribution in [0.1, 0.15) is 37.3 Å². The van der Waals surface area contributed by atoms with Gasteiger partial charge >= 0.3 is 0 Å². The Hall–Kier alpha value is -1.02. The molecule has 1 aromatic rings. The molecule has 0 aliphatic carbocycles. The maximum absolute atomic E-state index is 3.66. The third kappa shape index (κ3) is 3.47. The van der Waals surface area contributed by atoms with Gasteiger partial charge in [-0.3, -0.25) is 0 Å². The maximum atomic E-state index is 3.66. The van der Waals surface area contributed by atoms with Crippen LogP contribution in [0.15, 0.2) is 18.2 Å². The molecule has 2 atom stereocenters. The third-order valence-corrected chi connectivity index (χ3v) is 3.64. The lowest BCUT2D eigenvalue weighted by Crippen LogP contribution is -2.44. The van der Waals surface area contributed by atoms with Crippen LogP contribution in [0.4, 0.5) is 5.69 Å². The first-order valence-corrected chi connectivity index (χ1v) is 6.72. The lowest BCUT2D eigenvalue weighted by molar-refractivity contribution is 0.345. The van der Waals surface area contributed by atoms with E-state index in [-0.39, 0.29) is 0 Å². The molecule has 0 amide bonds. The molecule has 2 nitrogen and oxygen atoms in total. The normalized spacial score (nSPS) is 24.6. The van der Waals surface area contributed by atoms with E-state index in [0.29, 0.717) is 12.1 Å². The Kier molecular flexibility index (Phi) is 4.06. The summed E-state index contributed by atoms with van der Waals surface area (Å²) in [6, 6.07) is 7.89. The van der Waals surface area contributed by atoms with Crippen LogP contribution in [0, 0.1) is 13.8 Å². The summed E-state index contributed by atoms with van der Waals surface area (Å²) in [7, 11) is 0. The number of benzene rings is 1. The van der Waals surface area contributed by atoms with E-state index in [1.807, 2.05) is 0 Å². The van der Waals surface area contributed by atoms with Gasteiger partial charge in [0, 0.05) is 24.3 Å². The summed E-state index contributed by atoms with van der Waals surface area (Å²) < 4.78 is 0. The second kappa shape index (κ2) is 5.54. The summed E-state index contributed by atoms with van der Waals surface area (Å²) in [6.07, 6.45) is 3.97. The fraction of sp³-hybridized carbons (Fsp3) is 0.600. The zero-order valence-corrected chi connectivity index (χ0v) is 11.2. The van der Waals surface area contributed by atoms with Crippen molar-refractivity contribution in [3.63, 3.8) is 0 Å². The Morgan fingerprint density at radius 2 is 2.12 bits per heavy atom. The van der Waals surface area contributed by atoms with Crippen molar-refractivity contribution in [2.24, 2.45) is 0 Å². The third-order valence-electron chi connectivity index (χ3n) is 3.64. The standard InChI is InChI=1S/C15H24N2/c1-11-7-8-12(2)15(9-11)16-10-14-6-4-5-13(3)17-14/h7-9,13-14,16-17H,4-6,10H2,1-3H3. The molecular formula is C15H24N2. The Balaban J connectivity index is 1.90. The quantitative estimate of drug-likeness (QED) is 0.836. The van der Waals surface area contributed by atoms with Gasteiger partial charge < -0.3 is 10.6 Å². The zero-order valence-electron chi connectivity index (χ0n) is 11.2. The maximum Gasteiger partial charge on any atom is 0.0373 e. The molecule has 0 radical (unpaired) electrons. The zero-order chi connectivity index (χ0) is 12.3. The van der Waals surface area contributed by atoms with Crippen molar-refractivity contribution in [3.8, 4) is 0 Å². The highest BCUT2D eigenvalue weighted by Crippen LogP contribution is 2.18. The van der Waals surface area contributed by atoms with E-state index in [1.165, 1.54) is 36.1 Å². The summed E-state index contributed by atoms with van der Waals surface area (Å²) in [6.45, 7) is 7.63. The minimum absolute atomic E-state index is 0.624. The highest BCUT2D eigenvalue weighted by molar-refractivity contribution is 5.52. The van der Waals surface area contributed by atoms with E-state index in [0.717, 1.165) is 6.54 Å². The van der Waals surface area contributed by atoms with Gasteiger partial charge in [0.25, 0.3) is 0 Å². The summed E-state index contributed by atoms with van der Waals surface area (Å²) in [5.74, 6) is 0. The molecular weight excluding hydrogens is 208 g/mol. The Morgan fingerprint density at radius 3 is 2.88 bits per heavy atom. The molecule has 1 aromatic carbocycles. The Labute approximate surface area is 105 Å². The molecule has 2 heteroatoms. The van der Waals surface area contributed by atoms with Crippen molar-refractivity contribution in [2.75, 3.05) is 11.9 Å². The first-order valence-electron chi connectivity index (χ1n) is 6.72. The number of rotatable bonds is 3. The average Bonchev–Trinajstić information content (AvgIpc) is 2.30. The summed E-state index contributed by atoms with van der Waals surface area (Å²) in [4.78, 5) is 0. The first kappa shape index (κ1) is 12.4. The van der Waals surface area contributed by atoms with Crippen molar-refractivity contribution in [1.29, 1.82) is 0 Å². The van der Waals surface area contributed by atoms with E-state index in [1.54, 1.807) is 0 Å². The number of anilines is 1. The molecule has 2 unspecified atom stereocenters. The minimum Gasteiger partial charge on any atom is -0.383 e. The van der Waals surface area contributed by atoms with Gasteiger partial charge in [0.2, 0.25) is 0 Å². The summed E-state index contributed by atoms with van der Waals surface area (Å²) in [5, 5.41) is 7.24. The summed E-state index contributed by atoms with van der Waals surface area (Å²) in [5.41, 5.74) is 3.94. The fourth-order valence-electron chi connectivity index (χ4n) is 2.56. The SMILES string of the molecule is Cc1ccc(C)c(NCC2CCCC(C)N2)c1. The van der Waals surface area contributed by atoms with Crippen molar-refractivity contribution < 1.29 is 0 Å². The molecule has 17 heavy (non-hydrogen) atoms. The molecule has 0 aromatic heterocycles. The lowest BCUT2D eigenvalue weighted by atomic mass is 9.99. The van der Waals surface area contributed by atoms with Crippen LogP contribution < -0.4 is 10.6 Å². The van der Waals surface area contributed by atoms with Gasteiger partial charge in [0.15, 0.2) is 0 Å². The first-order chi connectivity index (χ1) is 8.15. The molecule has 1 heterocycles. The second-order valence-corrected chi connectivity index (χ2v) is 5.39. The Morgan fingerprint density at radius 1 is 1.29 bits per heavy atom. The minimum atomic E-state index is 0.624. The van der Waals surface area contributed by atoms with Gasteiger partial charge in [0.05, 0.1) is 0 Å². The monoisotopic (exact) mass is 232 g/mol. The number of hydrogen-bond donors (Lipinski definition) is 2. The predicted molar refractivity (Wildman–Crippen MR) is 74.6 cm³/mol. The van der Waals surface area contributed by atoms with Gasteiger partial charge in [-0.15, -0.1) is 0 Å². The molecule has 1 aliphatic rings. The van der Waals surface area contributed by atoms with Crippen LogP contribution in [-0.4, -0.2) is 18.6 Å². The van der Waals surface area contributed by atoms with Gasteiger partial charge in [-0.25, -0.2) is 0 Å².